The number of hydrogen-bond acceptors (Lipinski definition) is 4. The Morgan fingerprint density at radius 1 is 1.61 bits per heavy atom. The van der Waals surface area contributed by atoms with E-state index in [1.165, 1.54) is 0 Å². The quantitative estimate of drug-likeness (QED) is 0.680. The Morgan fingerprint density at radius 3 is 2.89 bits per heavy atom. The van der Waals surface area contributed by atoms with Crippen molar-refractivity contribution in [3.63, 3.8) is 0 Å². The highest BCUT2D eigenvalue weighted by molar-refractivity contribution is 6.31. The van der Waals surface area contributed by atoms with Crippen molar-refractivity contribution in [1.29, 1.82) is 0 Å². The van der Waals surface area contributed by atoms with Gasteiger partial charge in [-0.1, -0.05) is 11.6 Å². The van der Waals surface area contributed by atoms with Gasteiger partial charge in [-0.25, -0.2) is 4.39 Å². The van der Waals surface area contributed by atoms with Gasteiger partial charge in [0.15, 0.2) is 0 Å². The maximum Gasteiger partial charge on any atom is 0.294 e. The predicted molar refractivity (Wildman–Crippen MR) is 65.5 cm³/mol. The standard InChI is InChI=1S/C11H12ClFN2O3/c1-11(2-3-18-6-11)14-9-5-8(13)7(12)4-10(9)15(16)17/h4-5,14H,2-3,6H2,1H3. The van der Waals surface area contributed by atoms with Crippen LogP contribution < -0.4 is 5.32 Å². The lowest BCUT2D eigenvalue weighted by molar-refractivity contribution is -0.384. The summed E-state index contributed by atoms with van der Waals surface area (Å²) in [5.74, 6) is -0.688. The second-order valence-corrected chi connectivity index (χ2v) is 4.94. The highest BCUT2D eigenvalue weighted by atomic mass is 35.5. The lowest BCUT2D eigenvalue weighted by Crippen LogP contribution is -2.35. The number of nitrogens with zero attached hydrogens (tertiary/aromatic N) is 1. The molecule has 1 unspecified atom stereocenters. The molecule has 0 aromatic heterocycles. The van der Waals surface area contributed by atoms with E-state index in [4.69, 9.17) is 16.3 Å². The van der Waals surface area contributed by atoms with Crippen molar-refractivity contribution in [2.24, 2.45) is 0 Å². The molecule has 1 aliphatic rings. The van der Waals surface area contributed by atoms with Crippen LogP contribution in [0.4, 0.5) is 15.8 Å². The van der Waals surface area contributed by atoms with Gasteiger partial charge < -0.3 is 10.1 Å². The summed E-state index contributed by atoms with van der Waals surface area (Å²) >= 11 is 5.55. The molecule has 0 radical (unpaired) electrons. The summed E-state index contributed by atoms with van der Waals surface area (Å²) in [6.07, 6.45) is 0.703. The van der Waals surface area contributed by atoms with Gasteiger partial charge >= 0.3 is 0 Å². The number of nitrogens with one attached hydrogen (secondary N) is 1. The lowest BCUT2D eigenvalue weighted by Gasteiger charge is -2.24. The highest BCUT2D eigenvalue weighted by Gasteiger charge is 2.32. The van der Waals surface area contributed by atoms with Gasteiger partial charge in [0.2, 0.25) is 0 Å². The Bertz CT molecular complexity index is 489. The zero-order chi connectivity index (χ0) is 13.3. The van der Waals surface area contributed by atoms with Gasteiger partial charge in [-0.15, -0.1) is 0 Å². The smallest absolute Gasteiger partial charge is 0.294 e. The van der Waals surface area contributed by atoms with Crippen molar-refractivity contribution < 1.29 is 14.1 Å². The molecule has 0 amide bonds. The molecular formula is C11H12ClFN2O3. The maximum atomic E-state index is 13.4. The summed E-state index contributed by atoms with van der Waals surface area (Å²) in [5, 5.41) is 13.6. The molecule has 1 atom stereocenters. The van der Waals surface area contributed by atoms with Crippen molar-refractivity contribution in [3.8, 4) is 0 Å². The predicted octanol–water partition coefficient (Wildman–Crippen LogP) is 2.98. The van der Waals surface area contributed by atoms with E-state index < -0.39 is 16.3 Å². The molecule has 7 heteroatoms. The number of anilines is 1. The fourth-order valence-corrected chi connectivity index (χ4v) is 2.04. The molecule has 1 heterocycles. The number of benzene rings is 1. The van der Waals surface area contributed by atoms with Gasteiger partial charge in [0.25, 0.3) is 5.69 Å². The van der Waals surface area contributed by atoms with Crippen molar-refractivity contribution in [1.82, 2.24) is 0 Å². The van der Waals surface area contributed by atoms with E-state index in [0.29, 0.717) is 19.6 Å². The Hall–Kier alpha value is -1.40. The van der Waals surface area contributed by atoms with Crippen LogP contribution in [0.5, 0.6) is 0 Å². The molecule has 98 valence electrons. The molecule has 2 rings (SSSR count). The topological polar surface area (TPSA) is 64.4 Å². The molecule has 1 aromatic carbocycles. The molecule has 1 aromatic rings. The summed E-state index contributed by atoms with van der Waals surface area (Å²) < 4.78 is 18.6. The molecule has 1 N–H and O–H groups in total. The molecule has 0 spiro atoms. The van der Waals surface area contributed by atoms with E-state index in [1.807, 2.05) is 6.92 Å². The van der Waals surface area contributed by atoms with Crippen LogP contribution in [0.1, 0.15) is 13.3 Å². The largest absolute Gasteiger partial charge is 0.379 e. The first-order valence-corrected chi connectivity index (χ1v) is 5.78. The molecule has 18 heavy (non-hydrogen) atoms. The third-order valence-corrected chi connectivity index (χ3v) is 3.18. The Morgan fingerprint density at radius 2 is 2.33 bits per heavy atom. The maximum absolute atomic E-state index is 13.4. The van der Waals surface area contributed by atoms with E-state index in [-0.39, 0.29) is 16.4 Å². The Balaban J connectivity index is 2.36. The summed E-state index contributed by atoms with van der Waals surface area (Å²) in [5.41, 5.74) is -0.546. The number of rotatable bonds is 3. The lowest BCUT2D eigenvalue weighted by atomic mass is 10.0. The van der Waals surface area contributed by atoms with Crippen LogP contribution in [0.3, 0.4) is 0 Å². The normalized spacial score (nSPS) is 23.1. The minimum atomic E-state index is -0.688. The second kappa shape index (κ2) is 4.70. The molecule has 0 saturated carbocycles. The number of hydrogen-bond donors (Lipinski definition) is 1. The van der Waals surface area contributed by atoms with Crippen molar-refractivity contribution in [2.75, 3.05) is 18.5 Å². The first-order chi connectivity index (χ1) is 8.41. The van der Waals surface area contributed by atoms with E-state index in [0.717, 1.165) is 12.1 Å². The highest BCUT2D eigenvalue weighted by Crippen LogP contribution is 2.34. The molecular weight excluding hydrogens is 263 g/mol. The summed E-state index contributed by atoms with van der Waals surface area (Å²) in [6.45, 7) is 2.87. The number of ether oxygens (including phenoxy) is 1. The zero-order valence-corrected chi connectivity index (χ0v) is 10.5. The molecule has 5 nitrogen and oxygen atoms in total. The van der Waals surface area contributed by atoms with E-state index in [9.17, 15) is 14.5 Å². The van der Waals surface area contributed by atoms with Gasteiger partial charge in [-0.2, -0.15) is 0 Å². The van der Waals surface area contributed by atoms with E-state index in [2.05, 4.69) is 5.32 Å². The number of halogens is 2. The van der Waals surface area contributed by atoms with Crippen LogP contribution >= 0.6 is 11.6 Å². The minimum absolute atomic E-state index is 0.120. The zero-order valence-electron chi connectivity index (χ0n) is 9.70. The van der Waals surface area contributed by atoms with Crippen molar-refractivity contribution in [2.45, 2.75) is 18.9 Å². The fourth-order valence-electron chi connectivity index (χ4n) is 1.88. The van der Waals surface area contributed by atoms with Gasteiger partial charge in [0.1, 0.15) is 11.5 Å². The third kappa shape index (κ3) is 2.54. The Labute approximate surface area is 108 Å². The monoisotopic (exact) mass is 274 g/mol. The van der Waals surface area contributed by atoms with Crippen LogP contribution in [0, 0.1) is 15.9 Å². The molecule has 0 aliphatic carbocycles. The molecule has 1 fully saturated rings. The van der Waals surface area contributed by atoms with Gasteiger partial charge in [-0.05, 0) is 13.3 Å². The van der Waals surface area contributed by atoms with Crippen LogP contribution in [-0.4, -0.2) is 23.7 Å². The summed E-state index contributed by atoms with van der Waals surface area (Å²) in [4.78, 5) is 10.3. The molecule has 1 aliphatic heterocycles. The second-order valence-electron chi connectivity index (χ2n) is 4.53. The fraction of sp³-hybridized carbons (Fsp3) is 0.455. The van der Waals surface area contributed by atoms with E-state index >= 15 is 0 Å². The van der Waals surface area contributed by atoms with Crippen LogP contribution in [-0.2, 0) is 4.74 Å². The van der Waals surface area contributed by atoms with E-state index in [1.54, 1.807) is 0 Å². The van der Waals surface area contributed by atoms with Crippen molar-refractivity contribution in [3.05, 3.63) is 33.1 Å². The number of nitro groups is 1. The SMILES string of the molecule is CC1(Nc2cc(F)c(Cl)cc2[N+](=O)[O-])CCOC1. The van der Waals surface area contributed by atoms with Gasteiger partial charge in [-0.3, -0.25) is 10.1 Å². The van der Waals surface area contributed by atoms with Crippen LogP contribution in [0.15, 0.2) is 12.1 Å². The first-order valence-electron chi connectivity index (χ1n) is 5.41. The van der Waals surface area contributed by atoms with Gasteiger partial charge in [0, 0.05) is 18.7 Å². The number of nitro benzene ring substituents is 1. The molecule has 0 bridgehead atoms. The van der Waals surface area contributed by atoms with Crippen LogP contribution in [0.2, 0.25) is 5.02 Å². The minimum Gasteiger partial charge on any atom is -0.379 e. The van der Waals surface area contributed by atoms with Crippen LogP contribution in [0.25, 0.3) is 0 Å². The summed E-state index contributed by atoms with van der Waals surface area (Å²) in [7, 11) is 0. The first kappa shape index (κ1) is 13.0. The average molecular weight is 275 g/mol. The average Bonchev–Trinajstić information content (AvgIpc) is 2.69. The third-order valence-electron chi connectivity index (χ3n) is 2.89. The molecule has 1 saturated heterocycles. The summed E-state index contributed by atoms with van der Waals surface area (Å²) in [6, 6.07) is 2.06. The van der Waals surface area contributed by atoms with Crippen molar-refractivity contribution >= 4 is 23.0 Å². The Kier molecular flexibility index (Phi) is 3.41. The van der Waals surface area contributed by atoms with Gasteiger partial charge in [0.05, 0.1) is 22.1 Å².